The van der Waals surface area contributed by atoms with Gasteiger partial charge in [-0.3, -0.25) is 33.6 Å². The van der Waals surface area contributed by atoms with Gasteiger partial charge in [0.15, 0.2) is 11.7 Å². The smallest absolute Gasteiger partial charge is 0.333 e. The number of carbonyl (C=O) groups is 8. The number of thioether (sulfide) groups is 1. The third-order valence-electron chi connectivity index (χ3n) is 11.4. The van der Waals surface area contributed by atoms with Crippen molar-refractivity contribution in [2.45, 2.75) is 102 Å². The number of aromatic nitrogens is 1. The molecular formula is C41H53N7O10S. The van der Waals surface area contributed by atoms with Crippen molar-refractivity contribution >= 4 is 59.0 Å². The Balaban J connectivity index is 1.61. The number of cyclic esters (lactones) is 1. The molecule has 0 saturated carbocycles. The number of aromatic hydroxyl groups is 1. The van der Waals surface area contributed by atoms with Crippen LogP contribution in [0.4, 0.5) is 0 Å². The topological polar surface area (TPSA) is 225 Å². The lowest BCUT2D eigenvalue weighted by atomic mass is 9.91. The zero-order valence-corrected chi connectivity index (χ0v) is 35.0. The minimum atomic E-state index is -1.69. The van der Waals surface area contributed by atoms with Gasteiger partial charge in [0.2, 0.25) is 29.5 Å². The number of ketones is 1. The number of carbonyl (C=O) groups excluding carboxylic acids is 8. The van der Waals surface area contributed by atoms with Crippen molar-refractivity contribution in [3.63, 3.8) is 0 Å². The fourth-order valence-corrected chi connectivity index (χ4v) is 8.35. The number of hydrogen-bond donors (Lipinski definition) is 4. The molecule has 0 aliphatic carbocycles. The van der Waals surface area contributed by atoms with E-state index >= 15 is 0 Å². The lowest BCUT2D eigenvalue weighted by Gasteiger charge is -2.41. The van der Waals surface area contributed by atoms with Crippen molar-refractivity contribution in [2.24, 2.45) is 5.92 Å². The molecule has 8 atom stereocenters. The number of nitrogens with zero attached hydrogens (tertiary/aromatic N) is 4. The van der Waals surface area contributed by atoms with Gasteiger partial charge in [-0.15, -0.1) is 0 Å². The summed E-state index contributed by atoms with van der Waals surface area (Å²) < 4.78 is 5.86. The molecule has 0 radical (unpaired) electrons. The van der Waals surface area contributed by atoms with Crippen LogP contribution in [0.2, 0.25) is 0 Å². The van der Waals surface area contributed by atoms with Crippen molar-refractivity contribution in [3.8, 4) is 5.75 Å². The summed E-state index contributed by atoms with van der Waals surface area (Å²) in [5.41, 5.74) is -1.79. The summed E-state index contributed by atoms with van der Waals surface area (Å²) in [6.45, 7) is 8.02. The molecule has 2 aromatic rings. The molecule has 17 nitrogen and oxygen atoms in total. The highest BCUT2D eigenvalue weighted by molar-refractivity contribution is 7.99. The largest absolute Gasteiger partial charge is 0.505 e. The molecule has 3 aliphatic rings. The van der Waals surface area contributed by atoms with Crippen LogP contribution in [0.3, 0.4) is 0 Å². The van der Waals surface area contributed by atoms with Crippen molar-refractivity contribution < 1.29 is 48.2 Å². The van der Waals surface area contributed by atoms with E-state index in [1.165, 1.54) is 72.6 Å². The molecule has 3 saturated heterocycles. The molecular weight excluding hydrogens is 783 g/mol. The third-order valence-corrected chi connectivity index (χ3v) is 12.5. The molecule has 0 bridgehead atoms. The Morgan fingerprint density at radius 1 is 0.983 bits per heavy atom. The summed E-state index contributed by atoms with van der Waals surface area (Å²) in [4.78, 5) is 121. The minimum absolute atomic E-state index is 0.0459. The second-order valence-corrected chi connectivity index (χ2v) is 16.6. The Hall–Kier alpha value is -5.52. The van der Waals surface area contributed by atoms with E-state index in [0.717, 1.165) is 5.75 Å². The molecule has 18 heteroatoms. The molecule has 4 heterocycles. The Morgan fingerprint density at radius 3 is 2.36 bits per heavy atom. The van der Waals surface area contributed by atoms with E-state index in [4.69, 9.17) is 4.74 Å². The van der Waals surface area contributed by atoms with Crippen LogP contribution in [-0.2, 0) is 38.3 Å². The first-order chi connectivity index (χ1) is 28.0. The number of esters is 1. The summed E-state index contributed by atoms with van der Waals surface area (Å²) in [6.07, 6.45) is 0.225. The van der Waals surface area contributed by atoms with E-state index < -0.39 is 101 Å². The second kappa shape index (κ2) is 19.0. The van der Waals surface area contributed by atoms with Crippen LogP contribution >= 0.6 is 11.8 Å². The Kier molecular flexibility index (Phi) is 14.4. The molecule has 59 heavy (non-hydrogen) atoms. The van der Waals surface area contributed by atoms with Gasteiger partial charge in [-0.25, -0.2) is 9.78 Å². The Labute approximate surface area is 347 Å². The number of amides is 6. The monoisotopic (exact) mass is 835 g/mol. The maximum Gasteiger partial charge on any atom is 0.333 e. The number of rotatable bonds is 7. The van der Waals surface area contributed by atoms with Gasteiger partial charge in [0.25, 0.3) is 5.91 Å². The van der Waals surface area contributed by atoms with Crippen molar-refractivity contribution in [1.82, 2.24) is 35.6 Å². The number of ether oxygens (including phenoxy) is 1. The van der Waals surface area contributed by atoms with E-state index in [2.05, 4.69) is 20.9 Å². The van der Waals surface area contributed by atoms with Crippen molar-refractivity contribution in [1.29, 1.82) is 0 Å². The van der Waals surface area contributed by atoms with E-state index in [9.17, 15) is 43.5 Å². The highest BCUT2D eigenvalue weighted by atomic mass is 32.2. The van der Waals surface area contributed by atoms with E-state index in [1.807, 2.05) is 6.92 Å². The number of Topliss-reactive ketones (excluding diaryl/α,β-unsaturated/α-hetero) is 1. The molecule has 1 aromatic heterocycles. The van der Waals surface area contributed by atoms with Gasteiger partial charge in [0, 0.05) is 44.4 Å². The molecule has 6 amide bonds. The maximum absolute atomic E-state index is 14.5. The first-order valence-electron chi connectivity index (χ1n) is 19.8. The van der Waals surface area contributed by atoms with Crippen molar-refractivity contribution in [2.75, 3.05) is 31.6 Å². The quantitative estimate of drug-likeness (QED) is 0.290. The molecule has 4 N–H and O–H groups in total. The standard InChI is InChI=1S/C41H53N7O10S/c1-7-41(5)40(57)47-19-13-16-27(47)38(55)46(6)23(3)37(54)48-21-26(22-59-8-2)30(50)20-28(48)34(51)44-32(25-14-10-9-11-15-25)39(56)58-24(4)31(36(53)45-41)43-35(52)33-29(49)17-12-18-42-33/h9-12,14-15,17-18,23-24,26-28,31-32,49H,7-8,13,16,19-22H2,1-6H3,(H,43,52)(H,44,51)(H,45,53)/t23-,24+,26?,27-,28-,31-,32-,41+/m0/s1. The zero-order chi connectivity index (χ0) is 43.2. The molecule has 3 fully saturated rings. The van der Waals surface area contributed by atoms with E-state index in [0.29, 0.717) is 12.2 Å². The summed E-state index contributed by atoms with van der Waals surface area (Å²) in [7, 11) is 1.44. The van der Waals surface area contributed by atoms with Gasteiger partial charge in [0.05, 0.1) is 0 Å². The molecule has 318 valence electrons. The number of fused-ring (bicyclic) bond motifs is 2. The number of pyridine rings is 1. The van der Waals surface area contributed by atoms with Crippen LogP contribution in [0, 0.1) is 5.92 Å². The average Bonchev–Trinajstić information content (AvgIpc) is 3.72. The molecule has 5 rings (SSSR count). The van der Waals surface area contributed by atoms with Crippen LogP contribution in [0.25, 0.3) is 0 Å². The van der Waals surface area contributed by atoms with E-state index in [-0.39, 0.29) is 43.7 Å². The lowest BCUT2D eigenvalue weighted by Crippen LogP contribution is -2.64. The van der Waals surface area contributed by atoms with E-state index in [1.54, 1.807) is 37.3 Å². The van der Waals surface area contributed by atoms with Gasteiger partial charge >= 0.3 is 5.97 Å². The number of benzene rings is 1. The number of piperidine rings is 1. The van der Waals surface area contributed by atoms with Crippen LogP contribution in [0.15, 0.2) is 48.7 Å². The first-order valence-corrected chi connectivity index (χ1v) is 21.0. The molecule has 1 aromatic carbocycles. The first kappa shape index (κ1) is 44.6. The predicted octanol–water partition coefficient (Wildman–Crippen LogP) is 1.35. The van der Waals surface area contributed by atoms with Crippen LogP contribution in [-0.4, -0.2) is 139 Å². The van der Waals surface area contributed by atoms with Crippen molar-refractivity contribution in [3.05, 3.63) is 59.9 Å². The SMILES string of the molecule is CCSCC1CN2C(=O)[C@H](C)N(C)C(=O)[C@@H]3CCCN3C(=O)[C@@](C)(CC)NC(=O)[C@@H](NC(=O)c3ncccc3O)[C@@H](C)OC(=O)[C@H](c3ccccc3)NC(=O)[C@@H]2CC1=O. The predicted molar refractivity (Wildman–Crippen MR) is 215 cm³/mol. The number of likely N-dealkylation sites (N-methyl/N-ethyl adjacent to an activating group) is 1. The van der Waals surface area contributed by atoms with Gasteiger partial charge in [-0.2, -0.15) is 11.8 Å². The Bertz CT molecular complexity index is 1950. The van der Waals surface area contributed by atoms with Gasteiger partial charge in [0.1, 0.15) is 47.3 Å². The summed E-state index contributed by atoms with van der Waals surface area (Å²) in [5, 5.41) is 18.3. The highest BCUT2D eigenvalue weighted by Crippen LogP contribution is 2.29. The summed E-state index contributed by atoms with van der Waals surface area (Å²) >= 11 is 1.52. The minimum Gasteiger partial charge on any atom is -0.505 e. The fraction of sp³-hybridized carbons (Fsp3) is 0.537. The fourth-order valence-electron chi connectivity index (χ4n) is 7.53. The normalized spacial score (nSPS) is 29.0. The van der Waals surface area contributed by atoms with Gasteiger partial charge < -0.3 is 40.5 Å². The molecule has 3 aliphatic heterocycles. The van der Waals surface area contributed by atoms with Gasteiger partial charge in [-0.1, -0.05) is 44.2 Å². The van der Waals surface area contributed by atoms with Crippen LogP contribution in [0.1, 0.15) is 82.4 Å². The van der Waals surface area contributed by atoms with Crippen LogP contribution < -0.4 is 16.0 Å². The Morgan fingerprint density at radius 2 is 1.69 bits per heavy atom. The number of nitrogens with one attached hydrogen (secondary N) is 3. The maximum atomic E-state index is 14.5. The van der Waals surface area contributed by atoms with Crippen LogP contribution in [0.5, 0.6) is 5.75 Å². The molecule has 0 spiro atoms. The average molecular weight is 836 g/mol. The molecule has 1 unspecified atom stereocenters. The zero-order valence-electron chi connectivity index (χ0n) is 34.1. The third kappa shape index (κ3) is 9.69. The highest BCUT2D eigenvalue weighted by Gasteiger charge is 2.48. The summed E-state index contributed by atoms with van der Waals surface area (Å²) in [6, 6.07) is 4.00. The van der Waals surface area contributed by atoms with Gasteiger partial charge in [-0.05, 0) is 63.5 Å². The second-order valence-electron chi connectivity index (χ2n) is 15.3. The number of hydrogen-bond acceptors (Lipinski definition) is 12. The summed E-state index contributed by atoms with van der Waals surface area (Å²) in [5.74, 6) is -5.68. The lowest BCUT2D eigenvalue weighted by molar-refractivity contribution is -0.157.